The van der Waals surface area contributed by atoms with Gasteiger partial charge in [-0.25, -0.2) is 0 Å². The summed E-state index contributed by atoms with van der Waals surface area (Å²) in [5, 5.41) is 19.7. The van der Waals surface area contributed by atoms with Crippen molar-refractivity contribution in [3.8, 4) is 23.1 Å². The third-order valence-corrected chi connectivity index (χ3v) is 5.24. The van der Waals surface area contributed by atoms with Gasteiger partial charge in [-0.3, -0.25) is 4.79 Å². The summed E-state index contributed by atoms with van der Waals surface area (Å²) in [7, 11) is 0. The number of carbonyl (C=O) groups is 1. The Kier molecular flexibility index (Phi) is 8.51. The van der Waals surface area contributed by atoms with Gasteiger partial charge in [-0.1, -0.05) is 32.0 Å². The molecular formula is C26H33N3O5. The van der Waals surface area contributed by atoms with Crippen LogP contribution >= 0.6 is 0 Å². The van der Waals surface area contributed by atoms with E-state index in [1.165, 1.54) is 0 Å². The summed E-state index contributed by atoms with van der Waals surface area (Å²) in [4.78, 5) is 13.0. The molecule has 182 valence electrons. The highest BCUT2D eigenvalue weighted by atomic mass is 16.5. The number of benzene rings is 2. The van der Waals surface area contributed by atoms with Gasteiger partial charge in [-0.15, -0.1) is 10.2 Å². The highest BCUT2D eigenvalue weighted by Crippen LogP contribution is 2.41. The maximum atomic E-state index is 13.0. The topological polar surface area (TPSA) is 94.6 Å². The van der Waals surface area contributed by atoms with Gasteiger partial charge >= 0.3 is 0 Å². The number of rotatable bonds is 11. The minimum atomic E-state index is -0.580. The van der Waals surface area contributed by atoms with E-state index in [0.29, 0.717) is 49.5 Å². The summed E-state index contributed by atoms with van der Waals surface area (Å²) in [6, 6.07) is 10.7. The second-order valence-electron chi connectivity index (χ2n) is 8.13. The summed E-state index contributed by atoms with van der Waals surface area (Å²) in [5.74, 6) is 1.15. The van der Waals surface area contributed by atoms with Crippen molar-refractivity contribution >= 4 is 22.5 Å². The third-order valence-electron chi connectivity index (χ3n) is 5.24. The fourth-order valence-corrected chi connectivity index (χ4v) is 3.65. The van der Waals surface area contributed by atoms with E-state index in [1.807, 2.05) is 49.6 Å². The molecule has 2 aromatic carbocycles. The molecule has 3 aromatic rings. The molecule has 0 saturated carbocycles. The molecule has 1 N–H and O–H groups in total. The van der Waals surface area contributed by atoms with Crippen LogP contribution in [0.15, 0.2) is 46.6 Å². The summed E-state index contributed by atoms with van der Waals surface area (Å²) in [5.41, 5.74) is 1.37. The summed E-state index contributed by atoms with van der Waals surface area (Å²) in [6.07, 6.45) is 0.897. The first-order chi connectivity index (χ1) is 16.4. The maximum Gasteiger partial charge on any atom is 0.295 e. The predicted molar refractivity (Wildman–Crippen MR) is 132 cm³/mol. The number of azo groups is 1. The van der Waals surface area contributed by atoms with E-state index in [1.54, 1.807) is 12.1 Å². The van der Waals surface area contributed by atoms with Crippen LogP contribution in [0.1, 0.15) is 51.4 Å². The Morgan fingerprint density at radius 1 is 1.00 bits per heavy atom. The third kappa shape index (κ3) is 5.50. The van der Waals surface area contributed by atoms with Crippen LogP contribution in [0.4, 0.5) is 5.69 Å². The first kappa shape index (κ1) is 25.1. The number of nitrogens with zero attached hydrogens (tertiary/aromatic N) is 3. The van der Waals surface area contributed by atoms with Gasteiger partial charge in [-0.2, -0.15) is 0 Å². The molecule has 3 rings (SSSR count). The molecular weight excluding hydrogens is 434 g/mol. The smallest absolute Gasteiger partial charge is 0.295 e. The van der Waals surface area contributed by atoms with E-state index >= 15 is 0 Å². The van der Waals surface area contributed by atoms with Crippen LogP contribution in [0.25, 0.3) is 10.9 Å². The van der Waals surface area contributed by atoms with Crippen LogP contribution in [0.2, 0.25) is 0 Å². The molecule has 1 heterocycles. The largest absolute Gasteiger partial charge is 0.493 e. The van der Waals surface area contributed by atoms with Gasteiger partial charge in [0.15, 0.2) is 17.2 Å². The lowest BCUT2D eigenvalue weighted by molar-refractivity contribution is 0.0994. The molecule has 0 atom stereocenters. The van der Waals surface area contributed by atoms with Crippen molar-refractivity contribution in [2.45, 2.75) is 47.6 Å². The van der Waals surface area contributed by atoms with Gasteiger partial charge in [0.2, 0.25) is 11.6 Å². The standard InChI is InChI=1S/C26H33N3O5/c1-6-32-21-15-18(16-22(33-7-2)24(21)34-8-3)25(30)28-27-23-19-11-9-10-12-20(19)29(26(23)31)14-13-17(4)5/h9-12,15-17,31H,6-8,13-14H2,1-5H3. The van der Waals surface area contributed by atoms with Crippen LogP contribution in [0.5, 0.6) is 23.1 Å². The second-order valence-corrected chi connectivity index (χ2v) is 8.13. The summed E-state index contributed by atoms with van der Waals surface area (Å²) in [6.45, 7) is 11.7. The number of aromatic hydroxyl groups is 1. The van der Waals surface area contributed by atoms with Crippen LogP contribution in [-0.2, 0) is 6.54 Å². The zero-order valence-electron chi connectivity index (χ0n) is 20.5. The van der Waals surface area contributed by atoms with Crippen molar-refractivity contribution in [1.82, 2.24) is 4.57 Å². The Bertz CT molecular complexity index is 1140. The van der Waals surface area contributed by atoms with E-state index in [0.717, 1.165) is 17.3 Å². The van der Waals surface area contributed by atoms with Crippen molar-refractivity contribution in [3.05, 3.63) is 42.0 Å². The molecule has 0 unspecified atom stereocenters. The highest BCUT2D eigenvalue weighted by molar-refractivity contribution is 5.98. The SMILES string of the molecule is CCOc1cc(C(=O)N=Nc2c(O)n(CCC(C)C)c3ccccc23)cc(OCC)c1OCC. The van der Waals surface area contributed by atoms with Crippen molar-refractivity contribution in [3.63, 3.8) is 0 Å². The van der Waals surface area contributed by atoms with Crippen LogP contribution in [0, 0.1) is 5.92 Å². The molecule has 0 bridgehead atoms. The van der Waals surface area contributed by atoms with Gasteiger partial charge in [0, 0.05) is 11.9 Å². The summed E-state index contributed by atoms with van der Waals surface area (Å²) < 4.78 is 18.9. The minimum absolute atomic E-state index is 0.00453. The minimum Gasteiger partial charge on any atom is -0.493 e. The highest BCUT2D eigenvalue weighted by Gasteiger charge is 2.20. The van der Waals surface area contributed by atoms with Gasteiger partial charge in [-0.05, 0) is 51.3 Å². The van der Waals surface area contributed by atoms with Crippen LogP contribution in [-0.4, -0.2) is 35.4 Å². The molecule has 0 aliphatic rings. The van der Waals surface area contributed by atoms with Crippen molar-refractivity contribution < 1.29 is 24.1 Å². The normalized spacial score (nSPS) is 11.5. The average molecular weight is 468 g/mol. The van der Waals surface area contributed by atoms with Crippen molar-refractivity contribution in [2.24, 2.45) is 16.1 Å². The van der Waals surface area contributed by atoms with E-state index < -0.39 is 5.91 Å². The molecule has 0 spiro atoms. The molecule has 8 heteroatoms. The zero-order chi connectivity index (χ0) is 24.7. The Morgan fingerprint density at radius 3 is 2.21 bits per heavy atom. The predicted octanol–water partition coefficient (Wildman–Crippen LogP) is 6.51. The Balaban J connectivity index is 1.99. The quantitative estimate of drug-likeness (QED) is 0.324. The Labute approximate surface area is 200 Å². The van der Waals surface area contributed by atoms with Crippen LogP contribution in [0.3, 0.4) is 0 Å². The molecule has 1 aromatic heterocycles. The van der Waals surface area contributed by atoms with Crippen molar-refractivity contribution in [2.75, 3.05) is 19.8 Å². The molecule has 8 nitrogen and oxygen atoms in total. The number of fused-ring (bicyclic) bond motifs is 1. The second kappa shape index (κ2) is 11.5. The van der Waals surface area contributed by atoms with E-state index in [4.69, 9.17) is 14.2 Å². The number of hydrogen-bond donors (Lipinski definition) is 1. The number of para-hydroxylation sites is 1. The number of aryl methyl sites for hydroxylation is 1. The molecule has 34 heavy (non-hydrogen) atoms. The molecule has 0 aliphatic heterocycles. The Hall–Kier alpha value is -3.55. The summed E-state index contributed by atoms with van der Waals surface area (Å²) >= 11 is 0. The van der Waals surface area contributed by atoms with Gasteiger partial charge < -0.3 is 23.9 Å². The first-order valence-electron chi connectivity index (χ1n) is 11.7. The molecule has 0 saturated heterocycles. The molecule has 0 aliphatic carbocycles. The number of aromatic nitrogens is 1. The zero-order valence-corrected chi connectivity index (χ0v) is 20.5. The van der Waals surface area contributed by atoms with Crippen molar-refractivity contribution in [1.29, 1.82) is 0 Å². The lowest BCUT2D eigenvalue weighted by atomic mass is 10.1. The molecule has 0 radical (unpaired) electrons. The number of amides is 1. The van der Waals surface area contributed by atoms with E-state index in [2.05, 4.69) is 24.1 Å². The van der Waals surface area contributed by atoms with Crippen LogP contribution < -0.4 is 14.2 Å². The fraction of sp³-hybridized carbons (Fsp3) is 0.423. The first-order valence-corrected chi connectivity index (χ1v) is 11.7. The van der Waals surface area contributed by atoms with Gasteiger partial charge in [0.05, 0.1) is 30.9 Å². The maximum absolute atomic E-state index is 13.0. The number of hydrogen-bond acceptors (Lipinski definition) is 6. The van der Waals surface area contributed by atoms with E-state index in [9.17, 15) is 9.90 Å². The van der Waals surface area contributed by atoms with Gasteiger partial charge in [0.25, 0.3) is 5.91 Å². The average Bonchev–Trinajstić information content (AvgIpc) is 3.08. The Morgan fingerprint density at radius 2 is 1.62 bits per heavy atom. The van der Waals surface area contributed by atoms with Gasteiger partial charge in [0.1, 0.15) is 0 Å². The lowest BCUT2D eigenvalue weighted by Crippen LogP contribution is -2.05. The number of ether oxygens (including phenoxy) is 3. The molecule has 0 fully saturated rings. The van der Waals surface area contributed by atoms with E-state index in [-0.39, 0.29) is 17.1 Å². The monoisotopic (exact) mass is 467 g/mol. The molecule has 1 amide bonds. The number of carbonyl (C=O) groups excluding carboxylic acids is 1. The fourth-order valence-electron chi connectivity index (χ4n) is 3.65. The lowest BCUT2D eigenvalue weighted by Gasteiger charge is -2.16.